The third-order valence-electron chi connectivity index (χ3n) is 4.95. The van der Waals surface area contributed by atoms with Crippen LogP contribution in [0.2, 0.25) is 0 Å². The van der Waals surface area contributed by atoms with Crippen molar-refractivity contribution in [3.8, 4) is 17.2 Å². The fourth-order valence-corrected chi connectivity index (χ4v) is 3.30. The number of rotatable bonds is 12. The summed E-state index contributed by atoms with van der Waals surface area (Å²) in [4.78, 5) is 16.9. The molecule has 4 aromatic rings. The van der Waals surface area contributed by atoms with Crippen molar-refractivity contribution in [2.24, 2.45) is 0 Å². The minimum Gasteiger partial charge on any atom is -0.491 e. The van der Waals surface area contributed by atoms with Crippen molar-refractivity contribution >= 4 is 5.78 Å². The van der Waals surface area contributed by atoms with Gasteiger partial charge < -0.3 is 14.2 Å². The van der Waals surface area contributed by atoms with Crippen molar-refractivity contribution in [1.29, 1.82) is 0 Å². The summed E-state index contributed by atoms with van der Waals surface area (Å²) < 4.78 is 18.8. The van der Waals surface area contributed by atoms with E-state index in [9.17, 15) is 4.79 Å². The molecule has 0 saturated heterocycles. The molecule has 1 heterocycles. The van der Waals surface area contributed by atoms with E-state index in [2.05, 4.69) is 10.1 Å². The second-order valence-corrected chi connectivity index (χ2v) is 7.26. The van der Waals surface area contributed by atoms with E-state index in [1.807, 2.05) is 72.8 Å². The first kappa shape index (κ1) is 22.2. The molecular weight excluding hydrogens is 418 g/mol. The molecular formula is C26H25N3O4. The lowest BCUT2D eigenvalue weighted by molar-refractivity contribution is 0.0762. The van der Waals surface area contributed by atoms with Crippen LogP contribution in [0.15, 0.2) is 97.6 Å². The van der Waals surface area contributed by atoms with Gasteiger partial charge in [-0.15, -0.1) is 0 Å². The Kier molecular flexibility index (Phi) is 7.81. The lowest BCUT2D eigenvalue weighted by atomic mass is 10.0. The van der Waals surface area contributed by atoms with Gasteiger partial charge in [0.1, 0.15) is 42.6 Å². The van der Waals surface area contributed by atoms with Crippen LogP contribution in [-0.4, -0.2) is 40.4 Å². The molecule has 1 atom stereocenters. The van der Waals surface area contributed by atoms with E-state index < -0.39 is 6.04 Å². The van der Waals surface area contributed by atoms with Crippen LogP contribution in [0.5, 0.6) is 17.2 Å². The summed E-state index contributed by atoms with van der Waals surface area (Å²) in [7, 11) is 0. The van der Waals surface area contributed by atoms with E-state index in [4.69, 9.17) is 14.2 Å². The van der Waals surface area contributed by atoms with Crippen molar-refractivity contribution in [3.05, 3.63) is 103 Å². The van der Waals surface area contributed by atoms with Crippen molar-refractivity contribution in [2.45, 2.75) is 12.5 Å². The highest BCUT2D eigenvalue weighted by Gasteiger charge is 2.22. The minimum atomic E-state index is -0.465. The zero-order valence-corrected chi connectivity index (χ0v) is 18.1. The molecule has 33 heavy (non-hydrogen) atoms. The average molecular weight is 444 g/mol. The molecule has 7 heteroatoms. The topological polar surface area (TPSA) is 75.5 Å². The van der Waals surface area contributed by atoms with Crippen molar-refractivity contribution in [2.75, 3.05) is 19.8 Å². The second kappa shape index (κ2) is 11.6. The molecule has 4 rings (SSSR count). The Bertz CT molecular complexity index is 1100. The number of hydrogen-bond donors (Lipinski definition) is 0. The molecule has 168 valence electrons. The van der Waals surface area contributed by atoms with Gasteiger partial charge in [0.15, 0.2) is 5.78 Å². The Labute approximate surface area is 192 Å². The van der Waals surface area contributed by atoms with Crippen LogP contribution in [-0.2, 0) is 4.74 Å². The Balaban J connectivity index is 1.20. The maximum absolute atomic E-state index is 12.9. The molecule has 0 bridgehead atoms. The summed E-state index contributed by atoms with van der Waals surface area (Å²) in [6.45, 7) is 1.21. The number of benzene rings is 3. The molecule has 0 fully saturated rings. The van der Waals surface area contributed by atoms with Gasteiger partial charge >= 0.3 is 0 Å². The van der Waals surface area contributed by atoms with Crippen LogP contribution in [0.25, 0.3) is 0 Å². The van der Waals surface area contributed by atoms with Crippen LogP contribution in [0.4, 0.5) is 0 Å². The summed E-state index contributed by atoms with van der Waals surface area (Å²) in [5.74, 6) is 2.25. The highest BCUT2D eigenvalue weighted by atomic mass is 16.5. The predicted molar refractivity (Wildman–Crippen MR) is 124 cm³/mol. The molecule has 0 spiro atoms. The minimum absolute atomic E-state index is 0.0150. The Morgan fingerprint density at radius 1 is 0.788 bits per heavy atom. The molecule has 0 aliphatic heterocycles. The maximum atomic E-state index is 12.9. The largest absolute Gasteiger partial charge is 0.491 e. The Morgan fingerprint density at radius 3 is 2.15 bits per heavy atom. The normalized spacial score (nSPS) is 11.6. The van der Waals surface area contributed by atoms with Crippen LogP contribution in [0.1, 0.15) is 22.8 Å². The second-order valence-electron chi connectivity index (χ2n) is 7.26. The van der Waals surface area contributed by atoms with E-state index in [1.165, 1.54) is 6.33 Å². The van der Waals surface area contributed by atoms with Gasteiger partial charge in [0.25, 0.3) is 0 Å². The van der Waals surface area contributed by atoms with Crippen LogP contribution < -0.4 is 9.47 Å². The quantitative estimate of drug-likeness (QED) is 0.227. The Hall–Kier alpha value is -3.97. The number of para-hydroxylation sites is 1. The number of aromatic nitrogens is 3. The summed E-state index contributed by atoms with van der Waals surface area (Å²) >= 11 is 0. The smallest absolute Gasteiger partial charge is 0.187 e. The van der Waals surface area contributed by atoms with Gasteiger partial charge in [0.2, 0.25) is 0 Å². The number of ether oxygens (including phenoxy) is 3. The number of Topliss-reactive ketones (excluding diaryl/α,β-unsaturated/α-hetero) is 1. The summed E-state index contributed by atoms with van der Waals surface area (Å²) in [5, 5.41) is 4.15. The Morgan fingerprint density at radius 2 is 1.45 bits per heavy atom. The highest BCUT2D eigenvalue weighted by molar-refractivity contribution is 5.98. The van der Waals surface area contributed by atoms with Gasteiger partial charge in [-0.3, -0.25) is 4.79 Å². The summed E-state index contributed by atoms with van der Waals surface area (Å²) in [5.41, 5.74) is 0.640. The molecule has 0 amide bonds. The van der Waals surface area contributed by atoms with E-state index in [0.29, 0.717) is 31.8 Å². The molecule has 1 unspecified atom stereocenters. The molecule has 7 nitrogen and oxygen atoms in total. The van der Waals surface area contributed by atoms with E-state index >= 15 is 0 Å². The third kappa shape index (κ3) is 6.51. The van der Waals surface area contributed by atoms with Gasteiger partial charge in [-0.25, -0.2) is 9.67 Å². The van der Waals surface area contributed by atoms with Crippen molar-refractivity contribution in [1.82, 2.24) is 14.8 Å². The summed E-state index contributed by atoms with van der Waals surface area (Å²) in [6.07, 6.45) is 3.47. The zero-order valence-electron chi connectivity index (χ0n) is 18.1. The monoisotopic (exact) mass is 443 g/mol. The van der Waals surface area contributed by atoms with Gasteiger partial charge in [-0.1, -0.05) is 48.5 Å². The molecule has 0 radical (unpaired) electrons. The van der Waals surface area contributed by atoms with Crippen LogP contribution in [0.3, 0.4) is 0 Å². The lowest BCUT2D eigenvalue weighted by Crippen LogP contribution is -2.22. The zero-order chi connectivity index (χ0) is 22.7. The molecule has 1 aromatic heterocycles. The molecule has 0 aliphatic carbocycles. The molecule has 0 aliphatic rings. The fraction of sp³-hybridized carbons (Fsp3) is 0.192. The SMILES string of the molecule is O=C(c1ccccc1)C(CCOCCOc1ccc(Oc2ccccc2)cc1)n1cncn1. The van der Waals surface area contributed by atoms with Crippen molar-refractivity contribution < 1.29 is 19.0 Å². The highest BCUT2D eigenvalue weighted by Crippen LogP contribution is 2.23. The molecule has 0 N–H and O–H groups in total. The molecule has 0 saturated carbocycles. The van der Waals surface area contributed by atoms with Gasteiger partial charge in [0, 0.05) is 18.6 Å². The lowest BCUT2D eigenvalue weighted by Gasteiger charge is -2.16. The maximum Gasteiger partial charge on any atom is 0.187 e. The van der Waals surface area contributed by atoms with E-state index in [-0.39, 0.29) is 5.78 Å². The predicted octanol–water partition coefficient (Wildman–Crippen LogP) is 4.98. The van der Waals surface area contributed by atoms with Crippen molar-refractivity contribution in [3.63, 3.8) is 0 Å². The van der Waals surface area contributed by atoms with Gasteiger partial charge in [-0.05, 0) is 36.4 Å². The number of nitrogens with zero attached hydrogens (tertiary/aromatic N) is 3. The van der Waals surface area contributed by atoms with E-state index in [1.54, 1.807) is 23.1 Å². The first-order chi connectivity index (χ1) is 16.3. The average Bonchev–Trinajstić information content (AvgIpc) is 3.40. The number of hydrogen-bond acceptors (Lipinski definition) is 6. The van der Waals surface area contributed by atoms with Gasteiger partial charge in [0.05, 0.1) is 6.61 Å². The number of carbonyl (C=O) groups is 1. The van der Waals surface area contributed by atoms with Gasteiger partial charge in [-0.2, -0.15) is 5.10 Å². The summed E-state index contributed by atoms with van der Waals surface area (Å²) in [6, 6.07) is 25.8. The number of carbonyl (C=O) groups excluding carboxylic acids is 1. The fourth-order valence-electron chi connectivity index (χ4n) is 3.30. The first-order valence-electron chi connectivity index (χ1n) is 10.8. The standard InChI is InChI=1S/C26H25N3O4/c30-26(21-7-3-1-4-8-21)25(29-20-27-19-28-29)15-16-31-17-18-32-22-11-13-24(14-12-22)33-23-9-5-2-6-10-23/h1-14,19-20,25H,15-18H2. The first-order valence-corrected chi connectivity index (χ1v) is 10.8. The van der Waals surface area contributed by atoms with Crippen LogP contribution in [0, 0.1) is 0 Å². The third-order valence-corrected chi connectivity index (χ3v) is 4.95. The molecule has 3 aromatic carbocycles. The van der Waals surface area contributed by atoms with E-state index in [0.717, 1.165) is 17.2 Å². The van der Waals surface area contributed by atoms with Crippen LogP contribution >= 0.6 is 0 Å². The number of ketones is 1.